The third-order valence-corrected chi connectivity index (χ3v) is 3.68. The Morgan fingerprint density at radius 3 is 2.52 bits per heavy atom. The molecule has 0 heterocycles. The Morgan fingerprint density at radius 2 is 1.93 bits per heavy atom. The highest BCUT2D eigenvalue weighted by molar-refractivity contribution is 5.99. The van der Waals surface area contributed by atoms with Crippen LogP contribution in [0, 0.1) is 17.0 Å². The predicted octanol–water partition coefficient (Wildman–Crippen LogP) is 2.80. The zero-order valence-electron chi connectivity index (χ0n) is 14.9. The van der Waals surface area contributed by atoms with Crippen molar-refractivity contribution in [1.29, 1.82) is 0 Å². The van der Waals surface area contributed by atoms with E-state index in [2.05, 4.69) is 5.32 Å². The zero-order valence-corrected chi connectivity index (χ0v) is 14.9. The van der Waals surface area contributed by atoms with E-state index in [-0.39, 0.29) is 28.4 Å². The molecule has 9 heteroatoms. The number of esters is 1. The molecule has 0 saturated heterocycles. The predicted molar refractivity (Wildman–Crippen MR) is 96.0 cm³/mol. The van der Waals surface area contributed by atoms with Gasteiger partial charge in [-0.15, -0.1) is 0 Å². The number of hydrogen-bond donors (Lipinski definition) is 2. The normalized spacial score (nSPS) is 11.4. The van der Waals surface area contributed by atoms with Crippen LogP contribution < -0.4 is 10.1 Å². The number of carbonyl (C=O) groups is 2. The van der Waals surface area contributed by atoms with Crippen LogP contribution in [0.2, 0.25) is 0 Å². The summed E-state index contributed by atoms with van der Waals surface area (Å²) in [5.74, 6) is -1.63. The number of hydrogen-bond acceptors (Lipinski definition) is 7. The van der Waals surface area contributed by atoms with Crippen molar-refractivity contribution in [3.05, 3.63) is 57.6 Å². The number of phenols is 1. The summed E-state index contributed by atoms with van der Waals surface area (Å²) in [7, 11) is 1.35. The first-order valence-electron chi connectivity index (χ1n) is 7.86. The van der Waals surface area contributed by atoms with Gasteiger partial charge in [0.15, 0.2) is 6.10 Å². The van der Waals surface area contributed by atoms with Gasteiger partial charge in [0.05, 0.1) is 17.7 Å². The number of phenolic OH excluding ortho intramolecular Hbond substituents is 1. The van der Waals surface area contributed by atoms with Crippen LogP contribution in [0.4, 0.5) is 11.4 Å². The molecule has 0 aliphatic heterocycles. The standard InChI is InChI=1S/C18H18N2O7/c1-10-4-6-13(15(21)8-10)18(23)27-11(2)17(22)19-14-9-12(20(24)25)5-7-16(14)26-3/h4-9,11,21H,1-3H3,(H,19,22)/t11-/m1/s1. The number of anilines is 1. The van der Waals surface area contributed by atoms with E-state index in [0.29, 0.717) is 0 Å². The highest BCUT2D eigenvalue weighted by atomic mass is 16.6. The fraction of sp³-hybridized carbons (Fsp3) is 0.222. The van der Waals surface area contributed by atoms with Gasteiger partial charge in [0.25, 0.3) is 11.6 Å². The van der Waals surface area contributed by atoms with Crippen molar-refractivity contribution in [2.75, 3.05) is 12.4 Å². The number of benzene rings is 2. The third-order valence-electron chi connectivity index (χ3n) is 3.68. The number of nitrogens with zero attached hydrogens (tertiary/aromatic N) is 1. The Labute approximate surface area is 154 Å². The Morgan fingerprint density at radius 1 is 1.22 bits per heavy atom. The lowest BCUT2D eigenvalue weighted by atomic mass is 10.1. The Kier molecular flexibility index (Phi) is 5.96. The highest BCUT2D eigenvalue weighted by Crippen LogP contribution is 2.29. The maximum absolute atomic E-state index is 12.3. The molecule has 27 heavy (non-hydrogen) atoms. The first kappa shape index (κ1) is 19.7. The summed E-state index contributed by atoms with van der Waals surface area (Å²) in [6.07, 6.45) is -1.22. The van der Waals surface area contributed by atoms with Crippen molar-refractivity contribution in [2.24, 2.45) is 0 Å². The molecule has 0 bridgehead atoms. The lowest BCUT2D eigenvalue weighted by Crippen LogP contribution is -2.30. The van der Waals surface area contributed by atoms with E-state index in [0.717, 1.165) is 11.6 Å². The van der Waals surface area contributed by atoms with E-state index in [1.54, 1.807) is 13.0 Å². The van der Waals surface area contributed by atoms with Crippen molar-refractivity contribution in [2.45, 2.75) is 20.0 Å². The number of nitrogens with one attached hydrogen (secondary N) is 1. The van der Waals surface area contributed by atoms with Crippen molar-refractivity contribution in [3.63, 3.8) is 0 Å². The molecule has 0 spiro atoms. The van der Waals surface area contributed by atoms with Crippen LogP contribution in [0.1, 0.15) is 22.8 Å². The number of amides is 1. The van der Waals surface area contributed by atoms with Crippen molar-refractivity contribution in [1.82, 2.24) is 0 Å². The molecule has 0 aliphatic carbocycles. The minimum Gasteiger partial charge on any atom is -0.507 e. The number of rotatable bonds is 6. The van der Waals surface area contributed by atoms with Crippen molar-refractivity contribution >= 4 is 23.3 Å². The Hall–Kier alpha value is -3.62. The van der Waals surface area contributed by atoms with Crippen LogP contribution in [0.25, 0.3) is 0 Å². The number of nitro groups is 1. The molecule has 0 aromatic heterocycles. The van der Waals surface area contributed by atoms with Gasteiger partial charge >= 0.3 is 5.97 Å². The highest BCUT2D eigenvalue weighted by Gasteiger charge is 2.23. The molecule has 2 N–H and O–H groups in total. The molecule has 9 nitrogen and oxygen atoms in total. The quantitative estimate of drug-likeness (QED) is 0.452. The van der Waals surface area contributed by atoms with Gasteiger partial charge in [-0.1, -0.05) is 6.07 Å². The van der Waals surface area contributed by atoms with E-state index in [9.17, 15) is 24.8 Å². The molecule has 1 amide bonds. The van der Waals surface area contributed by atoms with E-state index in [1.807, 2.05) is 0 Å². The zero-order chi connectivity index (χ0) is 20.1. The SMILES string of the molecule is COc1ccc([N+](=O)[O-])cc1NC(=O)[C@@H](C)OC(=O)c1ccc(C)cc1O. The smallest absolute Gasteiger partial charge is 0.342 e. The first-order valence-corrected chi connectivity index (χ1v) is 7.86. The van der Waals surface area contributed by atoms with E-state index in [4.69, 9.17) is 9.47 Å². The maximum Gasteiger partial charge on any atom is 0.342 e. The average Bonchev–Trinajstić information content (AvgIpc) is 2.61. The topological polar surface area (TPSA) is 128 Å². The van der Waals surface area contributed by atoms with E-state index < -0.39 is 22.9 Å². The lowest BCUT2D eigenvalue weighted by Gasteiger charge is -2.15. The number of methoxy groups -OCH3 is 1. The second-order valence-electron chi connectivity index (χ2n) is 5.70. The molecular formula is C18H18N2O7. The molecular weight excluding hydrogens is 356 g/mol. The van der Waals surface area contributed by atoms with E-state index >= 15 is 0 Å². The van der Waals surface area contributed by atoms with Gasteiger partial charge in [-0.05, 0) is 37.6 Å². The summed E-state index contributed by atoms with van der Waals surface area (Å²) in [4.78, 5) is 34.7. The second-order valence-corrected chi connectivity index (χ2v) is 5.70. The number of nitro benzene ring substituents is 1. The third kappa shape index (κ3) is 4.72. The molecule has 142 valence electrons. The van der Waals surface area contributed by atoms with Gasteiger partial charge in [0, 0.05) is 12.1 Å². The summed E-state index contributed by atoms with van der Waals surface area (Å²) >= 11 is 0. The summed E-state index contributed by atoms with van der Waals surface area (Å²) in [6.45, 7) is 3.08. The average molecular weight is 374 g/mol. The summed E-state index contributed by atoms with van der Waals surface area (Å²) in [5, 5.41) is 23.1. The lowest BCUT2D eigenvalue weighted by molar-refractivity contribution is -0.384. The Bertz CT molecular complexity index is 895. The monoisotopic (exact) mass is 374 g/mol. The molecule has 2 aromatic rings. The van der Waals surface area contributed by atoms with Gasteiger partial charge in [0.1, 0.15) is 17.1 Å². The van der Waals surface area contributed by atoms with Crippen molar-refractivity contribution in [3.8, 4) is 11.5 Å². The fourth-order valence-corrected chi connectivity index (χ4v) is 2.23. The van der Waals surface area contributed by atoms with Gasteiger partial charge in [-0.25, -0.2) is 4.79 Å². The van der Waals surface area contributed by atoms with Crippen LogP contribution in [-0.2, 0) is 9.53 Å². The van der Waals surface area contributed by atoms with Gasteiger partial charge in [-0.2, -0.15) is 0 Å². The summed E-state index contributed by atoms with van der Waals surface area (Å²) in [6, 6.07) is 8.12. The number of ether oxygens (including phenoxy) is 2. The van der Waals surface area contributed by atoms with Crippen LogP contribution in [0.15, 0.2) is 36.4 Å². The van der Waals surface area contributed by atoms with Gasteiger partial charge in [-0.3, -0.25) is 14.9 Å². The molecule has 0 fully saturated rings. The molecule has 0 radical (unpaired) electrons. The first-order chi connectivity index (χ1) is 12.7. The summed E-state index contributed by atoms with van der Waals surface area (Å²) < 4.78 is 10.1. The van der Waals surface area contributed by atoms with Crippen LogP contribution in [0.3, 0.4) is 0 Å². The van der Waals surface area contributed by atoms with E-state index in [1.165, 1.54) is 38.3 Å². The number of aromatic hydroxyl groups is 1. The van der Waals surface area contributed by atoms with Crippen LogP contribution in [-0.4, -0.2) is 35.1 Å². The molecule has 0 saturated carbocycles. The largest absolute Gasteiger partial charge is 0.507 e. The second kappa shape index (κ2) is 8.17. The summed E-state index contributed by atoms with van der Waals surface area (Å²) in [5.41, 5.74) is 0.513. The van der Waals surface area contributed by atoms with Crippen LogP contribution >= 0.6 is 0 Å². The maximum atomic E-state index is 12.3. The molecule has 2 rings (SSSR count). The van der Waals surface area contributed by atoms with Gasteiger partial charge < -0.3 is 19.9 Å². The molecule has 0 unspecified atom stereocenters. The fourth-order valence-electron chi connectivity index (χ4n) is 2.23. The number of non-ortho nitro benzene ring substituents is 1. The minimum atomic E-state index is -1.22. The Balaban J connectivity index is 2.12. The molecule has 1 atom stereocenters. The molecule has 2 aromatic carbocycles. The van der Waals surface area contributed by atoms with Gasteiger partial charge in [0.2, 0.25) is 0 Å². The van der Waals surface area contributed by atoms with Crippen LogP contribution in [0.5, 0.6) is 11.5 Å². The van der Waals surface area contributed by atoms with Crippen molar-refractivity contribution < 1.29 is 29.1 Å². The number of aryl methyl sites for hydroxylation is 1. The minimum absolute atomic E-state index is 0.0674. The molecule has 0 aliphatic rings. The number of carbonyl (C=O) groups excluding carboxylic acids is 2.